The highest BCUT2D eigenvalue weighted by Gasteiger charge is 2.40. The summed E-state index contributed by atoms with van der Waals surface area (Å²) in [5, 5.41) is 0. The monoisotopic (exact) mass is 263 g/mol. The lowest BCUT2D eigenvalue weighted by atomic mass is 9.77. The van der Waals surface area contributed by atoms with E-state index in [0.29, 0.717) is 0 Å². The molecule has 19 heavy (non-hydrogen) atoms. The molecule has 2 heteroatoms. The number of aromatic nitrogens is 1. The fourth-order valence-electron chi connectivity index (χ4n) is 2.69. The van der Waals surface area contributed by atoms with E-state index in [1.807, 2.05) is 18.3 Å². The third-order valence-electron chi connectivity index (χ3n) is 3.51. The van der Waals surface area contributed by atoms with Crippen molar-refractivity contribution in [3.63, 3.8) is 0 Å². The fraction of sp³-hybridized carbons (Fsp3) is 0.706. The highest BCUT2D eigenvalue weighted by Crippen LogP contribution is 2.43. The van der Waals surface area contributed by atoms with E-state index >= 15 is 0 Å². The van der Waals surface area contributed by atoms with Gasteiger partial charge in [0.2, 0.25) is 0 Å². The first-order valence-electron chi connectivity index (χ1n) is 7.82. The maximum absolute atomic E-state index is 5.80. The molecule has 108 valence electrons. The van der Waals surface area contributed by atoms with Gasteiger partial charge in [-0.15, -0.1) is 0 Å². The van der Waals surface area contributed by atoms with Crippen LogP contribution >= 0.6 is 0 Å². The van der Waals surface area contributed by atoms with E-state index in [1.54, 1.807) is 0 Å². The number of hydrogen-bond acceptors (Lipinski definition) is 2. The van der Waals surface area contributed by atoms with Crippen molar-refractivity contribution >= 4 is 0 Å². The van der Waals surface area contributed by atoms with Crippen LogP contribution in [0.15, 0.2) is 18.3 Å². The molecule has 0 aliphatic carbocycles. The number of rotatable bonds is 5. The minimum Gasteiger partial charge on any atom is -0.491 e. The molecule has 1 atom stereocenters. The van der Waals surface area contributed by atoms with Crippen molar-refractivity contribution in [2.24, 2.45) is 0 Å². The normalized spacial score (nSPS) is 20.2. The molecule has 0 amide bonds. The van der Waals surface area contributed by atoms with Crippen LogP contribution in [0.5, 0.6) is 5.75 Å². The predicted octanol–water partition coefficient (Wildman–Crippen LogP) is 5.12. The first-order chi connectivity index (χ1) is 9.24. The van der Waals surface area contributed by atoms with Crippen LogP contribution in [0.2, 0.25) is 0 Å². The van der Waals surface area contributed by atoms with Gasteiger partial charge >= 0.3 is 0 Å². The van der Waals surface area contributed by atoms with Crippen LogP contribution in [-0.4, -0.2) is 11.6 Å². The highest BCUT2D eigenvalue weighted by atomic mass is 16.5. The molecule has 0 spiro atoms. The van der Waals surface area contributed by atoms with Gasteiger partial charge in [0.05, 0.1) is 17.7 Å². The summed E-state index contributed by atoms with van der Waals surface area (Å²) in [6, 6.07) is 4.01. The van der Waals surface area contributed by atoms with Crippen molar-refractivity contribution in [1.82, 2.24) is 4.98 Å². The van der Waals surface area contributed by atoms with Gasteiger partial charge in [-0.05, 0) is 25.0 Å². The predicted molar refractivity (Wildman–Crippen MR) is 81.8 cm³/mol. The topological polar surface area (TPSA) is 22.1 Å². The molecule has 1 aliphatic heterocycles. The summed E-state index contributed by atoms with van der Waals surface area (Å²) in [4.78, 5) is 4.56. The average molecular weight is 263 g/mol. The van der Waals surface area contributed by atoms with Crippen LogP contribution < -0.4 is 4.74 Å². The van der Waals surface area contributed by atoms with E-state index < -0.39 is 0 Å². The lowest BCUT2D eigenvalue weighted by Gasteiger charge is -2.26. The number of nitrogens with zero attached hydrogens (tertiary/aromatic N) is 1. The summed E-state index contributed by atoms with van der Waals surface area (Å²) in [6.45, 7) is 9.57. The van der Waals surface area contributed by atoms with Crippen LogP contribution in [0.4, 0.5) is 0 Å². The van der Waals surface area contributed by atoms with Crippen LogP contribution in [0.25, 0.3) is 0 Å². The number of pyridine rings is 1. The van der Waals surface area contributed by atoms with Crippen molar-refractivity contribution in [2.45, 2.75) is 71.6 Å². The summed E-state index contributed by atoms with van der Waals surface area (Å²) in [6.07, 6.45) is 9.25. The van der Waals surface area contributed by atoms with Crippen LogP contribution in [0, 0.1) is 0 Å². The first kappa shape index (κ1) is 16.0. The molecule has 0 aromatic carbocycles. The molecule has 1 aliphatic rings. The molecule has 0 N–H and O–H groups in total. The maximum atomic E-state index is 5.80. The smallest absolute Gasteiger partial charge is 0.141 e. The lowest BCUT2D eigenvalue weighted by molar-refractivity contribution is 0.235. The molecular formula is C17H29NO. The zero-order valence-electron chi connectivity index (χ0n) is 13.0. The second-order valence-corrected chi connectivity index (χ2v) is 5.48. The molecule has 1 aromatic rings. The van der Waals surface area contributed by atoms with Crippen LogP contribution in [-0.2, 0) is 5.41 Å². The molecule has 2 rings (SSSR count). The first-order valence-corrected chi connectivity index (χ1v) is 7.82. The minimum absolute atomic E-state index is 0.196. The molecular weight excluding hydrogens is 234 g/mol. The van der Waals surface area contributed by atoms with Gasteiger partial charge in [0.25, 0.3) is 0 Å². The Labute approximate surface area is 118 Å². The molecule has 2 nitrogen and oxygen atoms in total. The van der Waals surface area contributed by atoms with E-state index in [-0.39, 0.29) is 5.41 Å². The summed E-state index contributed by atoms with van der Waals surface area (Å²) in [5.41, 5.74) is 1.40. The number of hydrogen-bond donors (Lipinski definition) is 0. The fourth-order valence-corrected chi connectivity index (χ4v) is 2.69. The van der Waals surface area contributed by atoms with Crippen molar-refractivity contribution in [3.05, 3.63) is 24.0 Å². The van der Waals surface area contributed by atoms with Crippen molar-refractivity contribution in [1.29, 1.82) is 0 Å². The molecule has 0 saturated carbocycles. The van der Waals surface area contributed by atoms with E-state index in [9.17, 15) is 0 Å². The van der Waals surface area contributed by atoms with E-state index in [0.717, 1.165) is 12.4 Å². The van der Waals surface area contributed by atoms with E-state index in [1.165, 1.54) is 44.2 Å². The molecule has 0 saturated heterocycles. The molecule has 1 unspecified atom stereocenters. The summed E-state index contributed by atoms with van der Waals surface area (Å²) in [7, 11) is 0. The van der Waals surface area contributed by atoms with Gasteiger partial charge in [0.1, 0.15) is 5.75 Å². The average Bonchev–Trinajstić information content (AvgIpc) is 2.78. The van der Waals surface area contributed by atoms with Crippen LogP contribution in [0.3, 0.4) is 0 Å². The van der Waals surface area contributed by atoms with Crippen LogP contribution in [0.1, 0.15) is 71.9 Å². The quantitative estimate of drug-likeness (QED) is 0.735. The molecule has 0 radical (unpaired) electrons. The van der Waals surface area contributed by atoms with Crippen molar-refractivity contribution in [2.75, 3.05) is 6.61 Å². The van der Waals surface area contributed by atoms with E-state index in [2.05, 4.69) is 32.7 Å². The van der Waals surface area contributed by atoms with Gasteiger partial charge in [0, 0.05) is 6.20 Å². The van der Waals surface area contributed by atoms with Gasteiger partial charge in [-0.3, -0.25) is 4.98 Å². The largest absolute Gasteiger partial charge is 0.491 e. The van der Waals surface area contributed by atoms with E-state index in [4.69, 9.17) is 4.74 Å². The maximum Gasteiger partial charge on any atom is 0.141 e. The number of unbranched alkanes of at least 4 members (excludes halogenated alkanes) is 1. The Kier molecular flexibility index (Phi) is 6.90. The van der Waals surface area contributed by atoms with Crippen molar-refractivity contribution in [3.8, 4) is 5.75 Å². The highest BCUT2D eigenvalue weighted by molar-refractivity contribution is 5.38. The standard InChI is InChI=1S/C14H21NO.C3H8/c1-3-5-9-14(8-4-2)11-16-12-7-6-10-15-13(12)14;1-3-2/h6-7,10H,3-5,8-9,11H2,1-2H3;3H2,1-2H3. The zero-order chi connectivity index (χ0) is 14.1. The van der Waals surface area contributed by atoms with Gasteiger partial charge in [-0.1, -0.05) is 53.4 Å². The third-order valence-corrected chi connectivity index (χ3v) is 3.51. The second kappa shape index (κ2) is 8.19. The molecule has 1 aromatic heterocycles. The Morgan fingerprint density at radius 1 is 1.16 bits per heavy atom. The molecule has 2 heterocycles. The Morgan fingerprint density at radius 3 is 2.53 bits per heavy atom. The number of ether oxygens (including phenoxy) is 1. The lowest BCUT2D eigenvalue weighted by Crippen LogP contribution is -2.28. The van der Waals surface area contributed by atoms with Gasteiger partial charge < -0.3 is 4.74 Å². The Balaban J connectivity index is 0.000000550. The molecule has 0 fully saturated rings. The SMILES string of the molecule is CCC.CCCCC1(CCC)COc2cccnc21. The van der Waals surface area contributed by atoms with Gasteiger partial charge in [-0.25, -0.2) is 0 Å². The summed E-state index contributed by atoms with van der Waals surface area (Å²) >= 11 is 0. The Hall–Kier alpha value is -1.05. The third kappa shape index (κ3) is 3.95. The van der Waals surface area contributed by atoms with Crippen molar-refractivity contribution < 1.29 is 4.74 Å². The Morgan fingerprint density at radius 2 is 1.89 bits per heavy atom. The second-order valence-electron chi connectivity index (χ2n) is 5.48. The van der Waals surface area contributed by atoms with Gasteiger partial charge in [0.15, 0.2) is 0 Å². The zero-order valence-corrected chi connectivity index (χ0v) is 13.0. The minimum atomic E-state index is 0.196. The molecule has 0 bridgehead atoms. The van der Waals surface area contributed by atoms with Gasteiger partial charge in [-0.2, -0.15) is 0 Å². The summed E-state index contributed by atoms with van der Waals surface area (Å²) < 4.78 is 5.80. The number of fused-ring (bicyclic) bond motifs is 1. The Bertz CT molecular complexity index is 360. The summed E-state index contributed by atoms with van der Waals surface area (Å²) in [5.74, 6) is 1.01.